The predicted octanol–water partition coefficient (Wildman–Crippen LogP) is 3.67. The average Bonchev–Trinajstić information content (AvgIpc) is 3.22. The van der Waals surface area contributed by atoms with Gasteiger partial charge in [0.15, 0.2) is 0 Å². The highest BCUT2D eigenvalue weighted by Crippen LogP contribution is 2.34. The number of carbonyl (C=O) groups is 1. The van der Waals surface area contributed by atoms with Crippen molar-refractivity contribution in [2.45, 2.75) is 26.1 Å². The van der Waals surface area contributed by atoms with Gasteiger partial charge in [-0.3, -0.25) is 4.79 Å². The van der Waals surface area contributed by atoms with Gasteiger partial charge in [0, 0.05) is 24.6 Å². The number of carbonyl (C=O) groups excluding carboxylic acids is 1. The van der Waals surface area contributed by atoms with Crippen molar-refractivity contribution in [1.82, 2.24) is 15.0 Å². The van der Waals surface area contributed by atoms with Crippen LogP contribution >= 0.6 is 0 Å². The number of benzene rings is 1. The third kappa shape index (κ3) is 3.46. The average molecular weight is 405 g/mol. The molecule has 1 aliphatic rings. The number of aromatic nitrogens is 2. The number of β-amino-alcohol motifs (C(OH)–C–C–N with tert-alkyl or cyclic N) is 1. The van der Waals surface area contributed by atoms with Crippen LogP contribution in [0.15, 0.2) is 34.9 Å². The van der Waals surface area contributed by atoms with Crippen LogP contribution in [0.1, 0.15) is 28.5 Å². The fraction of sp³-hybridized carbons (Fsp3) is 0.350. The SMILES string of the molecule is Cc1noc2nc(-c3cccc(C(F)(F)F)c3)cc(C(=O)N3C[C@@H](C)[C@H](O)C3)c12. The van der Waals surface area contributed by atoms with E-state index >= 15 is 0 Å². The molecular weight excluding hydrogens is 387 g/mol. The molecule has 1 aliphatic heterocycles. The molecule has 1 aromatic carbocycles. The molecule has 0 aliphatic carbocycles. The first-order valence-corrected chi connectivity index (χ1v) is 9.07. The van der Waals surface area contributed by atoms with Gasteiger partial charge < -0.3 is 14.5 Å². The number of aryl methyl sites for hydroxylation is 1. The number of fused-ring (bicyclic) bond motifs is 1. The maximum atomic E-state index is 13.1. The second-order valence-corrected chi connectivity index (χ2v) is 7.34. The largest absolute Gasteiger partial charge is 0.416 e. The van der Waals surface area contributed by atoms with Gasteiger partial charge in [0.25, 0.3) is 11.6 Å². The smallest absolute Gasteiger partial charge is 0.391 e. The summed E-state index contributed by atoms with van der Waals surface area (Å²) in [5, 5.41) is 14.3. The third-order valence-electron chi connectivity index (χ3n) is 5.19. The molecule has 152 valence electrons. The van der Waals surface area contributed by atoms with Gasteiger partial charge in [0.1, 0.15) is 0 Å². The Morgan fingerprint density at radius 2 is 2.03 bits per heavy atom. The summed E-state index contributed by atoms with van der Waals surface area (Å²) in [6, 6.07) is 6.19. The number of amides is 1. The van der Waals surface area contributed by atoms with E-state index < -0.39 is 17.8 Å². The van der Waals surface area contributed by atoms with Crippen molar-refractivity contribution in [3.05, 3.63) is 47.2 Å². The Hall–Kier alpha value is -2.94. The molecule has 1 N–H and O–H groups in total. The molecular formula is C20H18F3N3O3. The Morgan fingerprint density at radius 3 is 2.69 bits per heavy atom. The van der Waals surface area contributed by atoms with E-state index in [4.69, 9.17) is 4.52 Å². The first kappa shape index (κ1) is 19.4. The lowest BCUT2D eigenvalue weighted by molar-refractivity contribution is -0.137. The van der Waals surface area contributed by atoms with Crippen LogP contribution in [0, 0.1) is 12.8 Å². The minimum atomic E-state index is -4.50. The Balaban J connectivity index is 1.83. The molecule has 9 heteroatoms. The summed E-state index contributed by atoms with van der Waals surface area (Å²) in [7, 11) is 0. The Labute approximate surface area is 163 Å². The van der Waals surface area contributed by atoms with Gasteiger partial charge in [0.2, 0.25) is 0 Å². The monoisotopic (exact) mass is 405 g/mol. The summed E-state index contributed by atoms with van der Waals surface area (Å²) in [4.78, 5) is 18.9. The topological polar surface area (TPSA) is 79.5 Å². The maximum absolute atomic E-state index is 13.1. The number of rotatable bonds is 2. The normalized spacial score (nSPS) is 19.9. The number of halogens is 3. The summed E-state index contributed by atoms with van der Waals surface area (Å²) in [5.74, 6) is -0.414. The number of likely N-dealkylation sites (tertiary alicyclic amines) is 1. The zero-order valence-corrected chi connectivity index (χ0v) is 15.7. The summed E-state index contributed by atoms with van der Waals surface area (Å²) < 4.78 is 44.5. The molecule has 1 amide bonds. The minimum absolute atomic E-state index is 0.0669. The standard InChI is InChI=1S/C20H18F3N3O3/c1-10-8-26(9-16(10)27)19(28)14-7-15(24-18-17(14)11(2)25-29-18)12-4-3-5-13(6-12)20(21,22)23/h3-7,10,16,27H,8-9H2,1-2H3/t10-,16-/m1/s1. The van der Waals surface area contributed by atoms with Gasteiger partial charge in [-0.05, 0) is 25.1 Å². The van der Waals surface area contributed by atoms with Crippen LogP contribution in [-0.2, 0) is 6.18 Å². The number of hydrogen-bond acceptors (Lipinski definition) is 5. The van der Waals surface area contributed by atoms with Crippen molar-refractivity contribution in [3.63, 3.8) is 0 Å². The maximum Gasteiger partial charge on any atom is 0.416 e. The lowest BCUT2D eigenvalue weighted by Gasteiger charge is -2.17. The van der Waals surface area contributed by atoms with Crippen molar-refractivity contribution in [2.24, 2.45) is 5.92 Å². The van der Waals surface area contributed by atoms with Gasteiger partial charge in [0.05, 0.1) is 34.0 Å². The molecule has 2 atom stereocenters. The van der Waals surface area contributed by atoms with Gasteiger partial charge in [-0.2, -0.15) is 13.2 Å². The Morgan fingerprint density at radius 1 is 1.28 bits per heavy atom. The van der Waals surface area contributed by atoms with E-state index in [0.29, 0.717) is 17.6 Å². The summed E-state index contributed by atoms with van der Waals surface area (Å²) >= 11 is 0. The number of pyridine rings is 1. The van der Waals surface area contributed by atoms with Crippen molar-refractivity contribution in [1.29, 1.82) is 0 Å². The van der Waals surface area contributed by atoms with E-state index in [1.807, 2.05) is 6.92 Å². The number of hydrogen-bond donors (Lipinski definition) is 1. The molecule has 2 aromatic heterocycles. The minimum Gasteiger partial charge on any atom is -0.391 e. The summed E-state index contributed by atoms with van der Waals surface area (Å²) in [6.45, 7) is 4.08. The number of aliphatic hydroxyl groups is 1. The van der Waals surface area contributed by atoms with E-state index in [-0.39, 0.29) is 40.9 Å². The summed E-state index contributed by atoms with van der Waals surface area (Å²) in [5.41, 5.74) is 0.348. The second-order valence-electron chi connectivity index (χ2n) is 7.34. The summed E-state index contributed by atoms with van der Waals surface area (Å²) in [6.07, 6.45) is -5.12. The molecule has 3 heterocycles. The van der Waals surface area contributed by atoms with Crippen molar-refractivity contribution >= 4 is 17.0 Å². The molecule has 0 radical (unpaired) electrons. The molecule has 0 bridgehead atoms. The molecule has 3 aromatic rings. The molecule has 0 unspecified atom stereocenters. The molecule has 6 nitrogen and oxygen atoms in total. The molecule has 1 saturated heterocycles. The van der Waals surface area contributed by atoms with Crippen molar-refractivity contribution in [3.8, 4) is 11.3 Å². The first-order valence-electron chi connectivity index (χ1n) is 9.07. The van der Waals surface area contributed by atoms with Gasteiger partial charge >= 0.3 is 6.18 Å². The highest BCUT2D eigenvalue weighted by atomic mass is 19.4. The lowest BCUT2D eigenvalue weighted by atomic mass is 10.0. The molecule has 0 spiro atoms. The van der Waals surface area contributed by atoms with E-state index in [0.717, 1.165) is 12.1 Å². The number of nitrogens with zero attached hydrogens (tertiary/aromatic N) is 3. The van der Waals surface area contributed by atoms with Crippen LogP contribution in [0.3, 0.4) is 0 Å². The van der Waals surface area contributed by atoms with Crippen LogP contribution in [-0.4, -0.2) is 45.2 Å². The first-order chi connectivity index (χ1) is 13.6. The van der Waals surface area contributed by atoms with Crippen molar-refractivity contribution in [2.75, 3.05) is 13.1 Å². The van der Waals surface area contributed by atoms with E-state index in [9.17, 15) is 23.1 Å². The molecule has 0 saturated carbocycles. The molecule has 1 fully saturated rings. The van der Waals surface area contributed by atoms with Gasteiger partial charge in [-0.1, -0.05) is 24.2 Å². The second kappa shape index (κ2) is 6.84. The van der Waals surface area contributed by atoms with Gasteiger partial charge in [-0.25, -0.2) is 4.98 Å². The zero-order chi connectivity index (χ0) is 20.9. The van der Waals surface area contributed by atoms with E-state index in [1.165, 1.54) is 23.1 Å². The number of alkyl halides is 3. The van der Waals surface area contributed by atoms with E-state index in [2.05, 4.69) is 10.1 Å². The zero-order valence-electron chi connectivity index (χ0n) is 15.7. The fourth-order valence-corrected chi connectivity index (χ4v) is 3.55. The Kier molecular flexibility index (Phi) is 4.57. The van der Waals surface area contributed by atoms with Crippen LogP contribution in [0.5, 0.6) is 0 Å². The lowest BCUT2D eigenvalue weighted by Crippen LogP contribution is -2.29. The van der Waals surface area contributed by atoms with Crippen LogP contribution in [0.4, 0.5) is 13.2 Å². The number of aliphatic hydroxyl groups excluding tert-OH is 1. The third-order valence-corrected chi connectivity index (χ3v) is 5.19. The van der Waals surface area contributed by atoms with Gasteiger partial charge in [-0.15, -0.1) is 0 Å². The van der Waals surface area contributed by atoms with Crippen LogP contribution in [0.25, 0.3) is 22.4 Å². The molecule has 29 heavy (non-hydrogen) atoms. The van der Waals surface area contributed by atoms with E-state index in [1.54, 1.807) is 6.92 Å². The Bertz CT molecular complexity index is 1080. The molecule has 4 rings (SSSR count). The quantitative estimate of drug-likeness (QED) is 0.704. The highest BCUT2D eigenvalue weighted by molar-refractivity contribution is 6.07. The van der Waals surface area contributed by atoms with Crippen LogP contribution < -0.4 is 0 Å². The highest BCUT2D eigenvalue weighted by Gasteiger charge is 2.34. The fourth-order valence-electron chi connectivity index (χ4n) is 3.55. The van der Waals surface area contributed by atoms with Crippen molar-refractivity contribution < 1.29 is 27.6 Å². The predicted molar refractivity (Wildman–Crippen MR) is 98.1 cm³/mol. The van der Waals surface area contributed by atoms with Crippen LogP contribution in [0.2, 0.25) is 0 Å².